The number of rotatable bonds is 1. The Labute approximate surface area is 83.6 Å². The smallest absolute Gasteiger partial charge is 0.336 e. The standard InChI is InChI=1S/C10H6O3S/c11-10(12)7-4-14-9-6(7)3-5-1-2-8(9)13-5/h1-2,4H,3H2,(H,11,12). The Morgan fingerprint density at radius 3 is 3.14 bits per heavy atom. The molecule has 0 radical (unpaired) electrons. The largest absolute Gasteiger partial charge is 0.478 e. The van der Waals surface area contributed by atoms with E-state index >= 15 is 0 Å². The second kappa shape index (κ2) is 2.48. The fraction of sp³-hybridized carbons (Fsp3) is 0.100. The zero-order valence-corrected chi connectivity index (χ0v) is 7.93. The van der Waals surface area contributed by atoms with Gasteiger partial charge < -0.3 is 9.52 Å². The highest BCUT2D eigenvalue weighted by Crippen LogP contribution is 2.39. The van der Waals surface area contributed by atoms with Crippen molar-refractivity contribution in [3.05, 3.63) is 34.4 Å². The molecule has 0 amide bonds. The molecule has 1 aliphatic heterocycles. The van der Waals surface area contributed by atoms with Crippen LogP contribution in [0.3, 0.4) is 0 Å². The molecule has 0 fully saturated rings. The van der Waals surface area contributed by atoms with Gasteiger partial charge in [-0.25, -0.2) is 4.79 Å². The van der Waals surface area contributed by atoms with Crippen molar-refractivity contribution >= 4 is 17.3 Å². The van der Waals surface area contributed by atoms with E-state index in [1.165, 1.54) is 11.3 Å². The molecule has 3 heterocycles. The Morgan fingerprint density at radius 1 is 1.50 bits per heavy atom. The summed E-state index contributed by atoms with van der Waals surface area (Å²) in [5, 5.41) is 10.6. The highest BCUT2D eigenvalue weighted by Gasteiger charge is 2.24. The Bertz CT molecular complexity index is 521. The van der Waals surface area contributed by atoms with Gasteiger partial charge >= 0.3 is 5.97 Å². The van der Waals surface area contributed by atoms with Gasteiger partial charge in [0.1, 0.15) is 11.5 Å². The third-order valence-corrected chi connectivity index (χ3v) is 3.40. The molecular weight excluding hydrogens is 200 g/mol. The van der Waals surface area contributed by atoms with E-state index in [0.717, 1.165) is 22.0 Å². The topological polar surface area (TPSA) is 50.4 Å². The summed E-state index contributed by atoms with van der Waals surface area (Å²) in [6.07, 6.45) is 0.598. The fourth-order valence-electron chi connectivity index (χ4n) is 1.71. The SMILES string of the molecule is O=C(O)c1csc2c1Cc1ccc-2o1. The Kier molecular flexibility index (Phi) is 1.39. The molecule has 14 heavy (non-hydrogen) atoms. The second-order valence-electron chi connectivity index (χ2n) is 3.20. The van der Waals surface area contributed by atoms with Crippen LogP contribution in [0.4, 0.5) is 0 Å². The number of aromatic carboxylic acids is 1. The monoisotopic (exact) mass is 206 g/mol. The van der Waals surface area contributed by atoms with Gasteiger partial charge in [0.2, 0.25) is 0 Å². The molecule has 70 valence electrons. The average molecular weight is 206 g/mol. The van der Waals surface area contributed by atoms with E-state index in [1.807, 2.05) is 12.1 Å². The van der Waals surface area contributed by atoms with Gasteiger partial charge in [0, 0.05) is 11.8 Å². The minimum Gasteiger partial charge on any atom is -0.478 e. The number of thiophene rings is 1. The van der Waals surface area contributed by atoms with Gasteiger partial charge in [-0.15, -0.1) is 11.3 Å². The molecule has 0 atom stereocenters. The minimum absolute atomic E-state index is 0.409. The van der Waals surface area contributed by atoms with E-state index in [-0.39, 0.29) is 0 Å². The van der Waals surface area contributed by atoms with E-state index in [9.17, 15) is 4.79 Å². The van der Waals surface area contributed by atoms with Crippen LogP contribution in [0.1, 0.15) is 21.7 Å². The minimum atomic E-state index is -0.856. The van der Waals surface area contributed by atoms with Crippen LogP contribution < -0.4 is 0 Å². The lowest BCUT2D eigenvalue weighted by Gasteiger charge is -2.06. The van der Waals surface area contributed by atoms with Gasteiger partial charge in [-0.05, 0) is 17.7 Å². The van der Waals surface area contributed by atoms with E-state index in [0.29, 0.717) is 12.0 Å². The summed E-state index contributed by atoms with van der Waals surface area (Å²) in [5.74, 6) is 0.775. The first-order valence-corrected chi connectivity index (χ1v) is 5.06. The van der Waals surface area contributed by atoms with Gasteiger partial charge in [-0.2, -0.15) is 0 Å². The van der Waals surface area contributed by atoms with Crippen LogP contribution in [0.25, 0.3) is 10.6 Å². The van der Waals surface area contributed by atoms with Crippen molar-refractivity contribution < 1.29 is 14.3 Å². The molecule has 0 aliphatic carbocycles. The summed E-state index contributed by atoms with van der Waals surface area (Å²) in [7, 11) is 0. The highest BCUT2D eigenvalue weighted by atomic mass is 32.1. The maximum absolute atomic E-state index is 10.9. The van der Waals surface area contributed by atoms with Gasteiger partial charge in [0.25, 0.3) is 0 Å². The zero-order chi connectivity index (χ0) is 9.71. The molecule has 0 saturated heterocycles. The van der Waals surface area contributed by atoms with Gasteiger partial charge in [-0.1, -0.05) is 0 Å². The van der Waals surface area contributed by atoms with Crippen LogP contribution in [-0.4, -0.2) is 11.1 Å². The molecule has 2 bridgehead atoms. The molecule has 0 spiro atoms. The second-order valence-corrected chi connectivity index (χ2v) is 4.08. The lowest BCUT2D eigenvalue weighted by atomic mass is 10.1. The first-order valence-electron chi connectivity index (χ1n) is 4.18. The number of hydrogen-bond donors (Lipinski definition) is 1. The Balaban J connectivity index is 2.26. The maximum Gasteiger partial charge on any atom is 0.336 e. The summed E-state index contributed by atoms with van der Waals surface area (Å²) in [6.45, 7) is 0. The summed E-state index contributed by atoms with van der Waals surface area (Å²) in [5.41, 5.74) is 1.30. The predicted octanol–water partition coefficient (Wildman–Crippen LogP) is 2.61. The number of carboxylic acid groups (broad SMARTS) is 1. The molecule has 3 nitrogen and oxygen atoms in total. The van der Waals surface area contributed by atoms with E-state index in [2.05, 4.69) is 0 Å². The number of carbonyl (C=O) groups is 1. The molecule has 2 aromatic heterocycles. The van der Waals surface area contributed by atoms with Crippen molar-refractivity contribution in [3.63, 3.8) is 0 Å². The van der Waals surface area contributed by atoms with Crippen LogP contribution in [0.5, 0.6) is 0 Å². The van der Waals surface area contributed by atoms with Gasteiger partial charge in [-0.3, -0.25) is 0 Å². The van der Waals surface area contributed by atoms with Gasteiger partial charge in [0.05, 0.1) is 10.4 Å². The first-order chi connectivity index (χ1) is 6.75. The van der Waals surface area contributed by atoms with Crippen LogP contribution in [0, 0.1) is 0 Å². The van der Waals surface area contributed by atoms with Crippen molar-refractivity contribution in [2.24, 2.45) is 0 Å². The zero-order valence-electron chi connectivity index (χ0n) is 7.11. The lowest BCUT2D eigenvalue weighted by molar-refractivity contribution is 0.0696. The summed E-state index contributed by atoms with van der Waals surface area (Å²) in [4.78, 5) is 11.9. The van der Waals surface area contributed by atoms with Crippen molar-refractivity contribution in [1.82, 2.24) is 0 Å². The quantitative estimate of drug-likeness (QED) is 0.665. The number of furan rings is 1. The van der Waals surface area contributed by atoms with Crippen LogP contribution in [0.15, 0.2) is 21.9 Å². The third-order valence-electron chi connectivity index (χ3n) is 2.36. The molecule has 3 rings (SSSR count). The summed E-state index contributed by atoms with van der Waals surface area (Å²) < 4.78 is 5.46. The molecule has 1 N–H and O–H groups in total. The fourth-order valence-corrected chi connectivity index (χ4v) is 2.74. The number of carboxylic acids is 1. The highest BCUT2D eigenvalue weighted by molar-refractivity contribution is 7.14. The summed E-state index contributed by atoms with van der Waals surface area (Å²) >= 11 is 1.43. The van der Waals surface area contributed by atoms with Crippen LogP contribution >= 0.6 is 11.3 Å². The molecule has 0 saturated carbocycles. The lowest BCUT2D eigenvalue weighted by Crippen LogP contribution is -2.01. The molecule has 2 aromatic rings. The van der Waals surface area contributed by atoms with Crippen molar-refractivity contribution in [1.29, 1.82) is 0 Å². The van der Waals surface area contributed by atoms with Crippen molar-refractivity contribution in [3.8, 4) is 10.6 Å². The van der Waals surface area contributed by atoms with Crippen molar-refractivity contribution in [2.45, 2.75) is 6.42 Å². The summed E-state index contributed by atoms with van der Waals surface area (Å²) in [6, 6.07) is 3.79. The molecule has 4 heteroatoms. The van der Waals surface area contributed by atoms with Crippen LogP contribution in [0.2, 0.25) is 0 Å². The molecular formula is C10H6O3S. The maximum atomic E-state index is 10.9. The van der Waals surface area contributed by atoms with Gasteiger partial charge in [0.15, 0.2) is 0 Å². The third kappa shape index (κ3) is 0.886. The van der Waals surface area contributed by atoms with E-state index in [4.69, 9.17) is 9.52 Å². The predicted molar refractivity (Wildman–Crippen MR) is 51.8 cm³/mol. The van der Waals surface area contributed by atoms with E-state index < -0.39 is 5.97 Å². The Morgan fingerprint density at radius 2 is 2.36 bits per heavy atom. The number of fused-ring (bicyclic) bond motifs is 4. The average Bonchev–Trinajstić information content (AvgIpc) is 2.71. The molecule has 0 unspecified atom stereocenters. The molecule has 1 aliphatic rings. The Hall–Kier alpha value is -1.55. The first kappa shape index (κ1) is 7.82. The normalized spacial score (nSPS) is 12.6. The molecule has 0 aromatic carbocycles. The number of hydrogen-bond acceptors (Lipinski definition) is 3. The van der Waals surface area contributed by atoms with Crippen LogP contribution in [-0.2, 0) is 6.42 Å². The van der Waals surface area contributed by atoms with Crippen molar-refractivity contribution in [2.75, 3.05) is 0 Å². The van der Waals surface area contributed by atoms with E-state index in [1.54, 1.807) is 5.38 Å².